The minimum absolute atomic E-state index is 0.00384. The summed E-state index contributed by atoms with van der Waals surface area (Å²) in [4.78, 5) is 21.2. The zero-order valence-electron chi connectivity index (χ0n) is 18.8. The molecule has 1 atom stereocenters. The van der Waals surface area contributed by atoms with Gasteiger partial charge in [-0.3, -0.25) is 9.52 Å². The van der Waals surface area contributed by atoms with Crippen LogP contribution in [0.25, 0.3) is 10.9 Å². The normalized spacial score (nSPS) is 16.6. The lowest BCUT2D eigenvalue weighted by molar-refractivity contribution is -0.134. The van der Waals surface area contributed by atoms with E-state index >= 15 is 0 Å². The average molecular weight is 531 g/mol. The second kappa shape index (κ2) is 9.48. The number of hydrogen-bond acceptors (Lipinski definition) is 7. The Hall–Kier alpha value is -3.15. The largest absolute Gasteiger partial charge is 0.368 e. The number of aromatic nitrogens is 3. The van der Waals surface area contributed by atoms with Crippen LogP contribution >= 0.6 is 23.1 Å². The standard InChI is InChI=1S/C23H23ClN6O3S2/c1-16-13-28(19-4-6-20(7-5-19)35(32,33)27-23-25-15-26-34-23)10-11-30(16)22(31)14-29-9-8-17-2-3-18(24)12-21(17)29/h2-9,12,15-16H,10-11,13-14H2,1H3,(H,25,26,27)/t16-/m0/s1. The molecule has 1 saturated heterocycles. The maximum Gasteiger partial charge on any atom is 0.263 e. The molecule has 1 aliphatic rings. The third kappa shape index (κ3) is 4.97. The van der Waals surface area contributed by atoms with Crippen LogP contribution in [0.4, 0.5) is 10.8 Å². The molecule has 0 aliphatic carbocycles. The number of hydrogen-bond donors (Lipinski definition) is 1. The van der Waals surface area contributed by atoms with Gasteiger partial charge in [0.2, 0.25) is 11.0 Å². The maximum atomic E-state index is 13.1. The fraction of sp³-hybridized carbons (Fsp3) is 0.261. The SMILES string of the molecule is C[C@H]1CN(c2ccc(S(=O)(=O)Nc3ncns3)cc2)CCN1C(=O)Cn1ccc2ccc(Cl)cc21. The lowest BCUT2D eigenvalue weighted by Crippen LogP contribution is -2.54. The highest BCUT2D eigenvalue weighted by atomic mass is 35.5. The van der Waals surface area contributed by atoms with Gasteiger partial charge in [-0.05, 0) is 54.8 Å². The Morgan fingerprint density at radius 1 is 1.17 bits per heavy atom. The van der Waals surface area contributed by atoms with Crippen molar-refractivity contribution in [2.45, 2.75) is 24.4 Å². The molecule has 1 aliphatic heterocycles. The quantitative estimate of drug-likeness (QED) is 0.408. The van der Waals surface area contributed by atoms with Crippen molar-refractivity contribution in [3.05, 3.63) is 66.1 Å². The maximum absolute atomic E-state index is 13.1. The third-order valence-electron chi connectivity index (χ3n) is 6.08. The summed E-state index contributed by atoms with van der Waals surface area (Å²) in [6.07, 6.45) is 3.21. The van der Waals surface area contributed by atoms with E-state index < -0.39 is 10.0 Å². The Balaban J connectivity index is 1.23. The van der Waals surface area contributed by atoms with E-state index in [1.54, 1.807) is 24.3 Å². The van der Waals surface area contributed by atoms with Crippen LogP contribution in [0.15, 0.2) is 66.0 Å². The summed E-state index contributed by atoms with van der Waals surface area (Å²) in [5.74, 6) is 0.0545. The second-order valence-electron chi connectivity index (χ2n) is 8.37. The van der Waals surface area contributed by atoms with E-state index in [2.05, 4.69) is 19.0 Å². The molecule has 0 spiro atoms. The Kier molecular flexibility index (Phi) is 6.39. The summed E-state index contributed by atoms with van der Waals surface area (Å²) in [6, 6.07) is 14.4. The molecule has 1 N–H and O–H groups in total. The van der Waals surface area contributed by atoms with Crippen LogP contribution < -0.4 is 9.62 Å². The zero-order chi connectivity index (χ0) is 24.6. The van der Waals surface area contributed by atoms with E-state index in [0.717, 1.165) is 28.1 Å². The molecule has 4 aromatic rings. The van der Waals surface area contributed by atoms with Gasteiger partial charge in [-0.2, -0.15) is 4.37 Å². The van der Waals surface area contributed by atoms with Crippen molar-refractivity contribution in [2.24, 2.45) is 0 Å². The number of benzene rings is 2. The van der Waals surface area contributed by atoms with E-state index in [1.807, 2.05) is 46.9 Å². The molecule has 2 aromatic carbocycles. The van der Waals surface area contributed by atoms with E-state index in [9.17, 15) is 13.2 Å². The first-order valence-electron chi connectivity index (χ1n) is 11.0. The number of nitrogens with zero attached hydrogens (tertiary/aromatic N) is 5. The first kappa shape index (κ1) is 23.6. The van der Waals surface area contributed by atoms with Gasteiger partial charge in [-0.1, -0.05) is 17.7 Å². The molecule has 9 nitrogen and oxygen atoms in total. The van der Waals surface area contributed by atoms with Gasteiger partial charge in [-0.25, -0.2) is 13.4 Å². The molecule has 0 saturated carbocycles. The number of piperazine rings is 1. The van der Waals surface area contributed by atoms with Gasteiger partial charge in [0.1, 0.15) is 12.9 Å². The summed E-state index contributed by atoms with van der Waals surface area (Å²) >= 11 is 7.12. The number of carbonyl (C=O) groups excluding carboxylic acids is 1. The number of sulfonamides is 1. The zero-order valence-corrected chi connectivity index (χ0v) is 21.2. The number of nitrogens with one attached hydrogen (secondary N) is 1. The summed E-state index contributed by atoms with van der Waals surface area (Å²) in [7, 11) is -3.73. The second-order valence-corrected chi connectivity index (χ2v) is 11.3. The summed E-state index contributed by atoms with van der Waals surface area (Å²) in [6.45, 7) is 4.17. The number of carbonyl (C=O) groups is 1. The summed E-state index contributed by atoms with van der Waals surface area (Å²) in [5.41, 5.74) is 1.85. The van der Waals surface area contributed by atoms with Crippen molar-refractivity contribution in [1.29, 1.82) is 0 Å². The number of fused-ring (bicyclic) bond motifs is 1. The van der Waals surface area contributed by atoms with Crippen LogP contribution in [-0.2, 0) is 21.4 Å². The minimum Gasteiger partial charge on any atom is -0.368 e. The van der Waals surface area contributed by atoms with Crippen LogP contribution in [0.5, 0.6) is 0 Å². The lowest BCUT2D eigenvalue weighted by Gasteiger charge is -2.41. The molecule has 3 heterocycles. The fourth-order valence-corrected chi connectivity index (χ4v) is 6.15. The van der Waals surface area contributed by atoms with Crippen molar-refractivity contribution in [3.63, 3.8) is 0 Å². The molecule has 2 aromatic heterocycles. The van der Waals surface area contributed by atoms with E-state index in [0.29, 0.717) is 24.7 Å². The smallest absolute Gasteiger partial charge is 0.263 e. The summed E-state index contributed by atoms with van der Waals surface area (Å²) in [5, 5.41) is 1.91. The average Bonchev–Trinajstić information content (AvgIpc) is 3.48. The number of anilines is 2. The van der Waals surface area contributed by atoms with E-state index in [-0.39, 0.29) is 28.5 Å². The molecule has 1 amide bonds. The van der Waals surface area contributed by atoms with Crippen LogP contribution in [0.3, 0.4) is 0 Å². The van der Waals surface area contributed by atoms with Gasteiger partial charge in [-0.15, -0.1) is 0 Å². The predicted octanol–water partition coefficient (Wildman–Crippen LogP) is 3.68. The highest BCUT2D eigenvalue weighted by Crippen LogP contribution is 2.24. The van der Waals surface area contributed by atoms with Gasteiger partial charge >= 0.3 is 0 Å². The van der Waals surface area contributed by atoms with Crippen LogP contribution in [0, 0.1) is 0 Å². The van der Waals surface area contributed by atoms with Crippen molar-refractivity contribution in [1.82, 2.24) is 18.8 Å². The number of halogens is 1. The minimum atomic E-state index is -3.73. The van der Waals surface area contributed by atoms with Gasteiger partial charge in [0.05, 0.1) is 4.90 Å². The highest BCUT2D eigenvalue weighted by molar-refractivity contribution is 7.93. The van der Waals surface area contributed by atoms with Gasteiger partial charge in [0.15, 0.2) is 0 Å². The van der Waals surface area contributed by atoms with Crippen LogP contribution in [0.1, 0.15) is 6.92 Å². The molecule has 1 fully saturated rings. The molecule has 0 unspecified atom stereocenters. The lowest BCUT2D eigenvalue weighted by atomic mass is 10.1. The topological polar surface area (TPSA) is 100 Å². The Bertz CT molecular complexity index is 1450. The molecular formula is C23H23ClN6O3S2. The third-order valence-corrected chi connectivity index (χ3v) is 8.38. The van der Waals surface area contributed by atoms with Crippen molar-refractivity contribution >= 4 is 60.8 Å². The number of rotatable bonds is 6. The fourth-order valence-electron chi connectivity index (χ4n) is 4.32. The first-order chi connectivity index (χ1) is 16.8. The van der Waals surface area contributed by atoms with E-state index in [4.69, 9.17) is 11.6 Å². The number of amides is 1. The Morgan fingerprint density at radius 3 is 2.69 bits per heavy atom. The Morgan fingerprint density at radius 2 is 1.97 bits per heavy atom. The Labute approximate surface area is 212 Å². The van der Waals surface area contributed by atoms with Crippen molar-refractivity contribution in [3.8, 4) is 0 Å². The monoisotopic (exact) mass is 530 g/mol. The molecular weight excluding hydrogens is 508 g/mol. The van der Waals surface area contributed by atoms with Gasteiger partial charge in [0, 0.05) is 59.6 Å². The molecule has 5 rings (SSSR count). The van der Waals surface area contributed by atoms with Crippen LogP contribution in [-0.4, -0.2) is 58.8 Å². The molecule has 0 radical (unpaired) electrons. The van der Waals surface area contributed by atoms with Gasteiger partial charge in [0.25, 0.3) is 10.0 Å². The van der Waals surface area contributed by atoms with E-state index in [1.165, 1.54) is 6.33 Å². The first-order valence-corrected chi connectivity index (χ1v) is 13.6. The molecule has 12 heteroatoms. The summed E-state index contributed by atoms with van der Waals surface area (Å²) < 4.78 is 33.2. The van der Waals surface area contributed by atoms with Gasteiger partial charge < -0.3 is 14.4 Å². The predicted molar refractivity (Wildman–Crippen MR) is 137 cm³/mol. The highest BCUT2D eigenvalue weighted by Gasteiger charge is 2.28. The van der Waals surface area contributed by atoms with Crippen molar-refractivity contribution in [2.75, 3.05) is 29.3 Å². The molecule has 0 bridgehead atoms. The van der Waals surface area contributed by atoms with Crippen LogP contribution in [0.2, 0.25) is 5.02 Å². The molecule has 35 heavy (non-hydrogen) atoms. The molecule has 182 valence electrons. The van der Waals surface area contributed by atoms with Crippen molar-refractivity contribution < 1.29 is 13.2 Å².